The van der Waals surface area contributed by atoms with Crippen LogP contribution in [0.2, 0.25) is 0 Å². The maximum Gasteiger partial charge on any atom is 0.140 e. The van der Waals surface area contributed by atoms with Crippen LogP contribution >= 0.6 is 11.3 Å². The summed E-state index contributed by atoms with van der Waals surface area (Å²) in [7, 11) is 2.14. The van der Waals surface area contributed by atoms with Crippen LogP contribution in [0.15, 0.2) is 17.8 Å². The van der Waals surface area contributed by atoms with Crippen LogP contribution in [0.4, 0.5) is 5.82 Å². The van der Waals surface area contributed by atoms with E-state index in [1.807, 2.05) is 0 Å². The number of hydrogen-bond acceptors (Lipinski definition) is 4. The molecule has 1 fully saturated rings. The molecule has 0 unspecified atom stereocenters. The summed E-state index contributed by atoms with van der Waals surface area (Å²) in [5.41, 5.74) is 0. The number of thiophene rings is 1. The van der Waals surface area contributed by atoms with Crippen molar-refractivity contribution in [3.63, 3.8) is 0 Å². The molecule has 3 nitrogen and oxygen atoms in total. The molecule has 4 heteroatoms. The minimum Gasteiger partial charge on any atom is -0.356 e. The van der Waals surface area contributed by atoms with Crippen molar-refractivity contribution < 1.29 is 0 Å². The number of rotatable bonds is 3. The van der Waals surface area contributed by atoms with Gasteiger partial charge in [0.1, 0.15) is 17.0 Å². The lowest BCUT2D eigenvalue weighted by molar-refractivity contribution is 0.605. The zero-order chi connectivity index (χ0) is 11.1. The van der Waals surface area contributed by atoms with Gasteiger partial charge in [-0.15, -0.1) is 11.3 Å². The molecule has 2 aromatic heterocycles. The zero-order valence-electron chi connectivity index (χ0n) is 9.55. The molecular weight excluding hydrogens is 218 g/mol. The van der Waals surface area contributed by atoms with Crippen molar-refractivity contribution in [1.82, 2.24) is 9.97 Å². The Hall–Kier alpha value is -1.16. The van der Waals surface area contributed by atoms with E-state index in [-0.39, 0.29) is 0 Å². The fourth-order valence-corrected chi connectivity index (χ4v) is 2.87. The van der Waals surface area contributed by atoms with Gasteiger partial charge in [-0.1, -0.05) is 0 Å². The van der Waals surface area contributed by atoms with Gasteiger partial charge in [0.15, 0.2) is 0 Å². The molecular formula is C12H15N3S. The van der Waals surface area contributed by atoms with Crippen LogP contribution in [0.5, 0.6) is 0 Å². The van der Waals surface area contributed by atoms with E-state index in [2.05, 4.69) is 40.3 Å². The van der Waals surface area contributed by atoms with Crippen LogP contribution in [-0.4, -0.2) is 23.1 Å². The highest BCUT2D eigenvalue weighted by atomic mass is 32.1. The summed E-state index contributed by atoms with van der Waals surface area (Å²) in [4.78, 5) is 12.1. The molecule has 0 aliphatic heterocycles. The van der Waals surface area contributed by atoms with Crippen LogP contribution in [0.1, 0.15) is 19.8 Å². The van der Waals surface area contributed by atoms with Gasteiger partial charge in [-0.25, -0.2) is 9.97 Å². The normalized spacial score (nSPS) is 17.6. The fraction of sp³-hybridized carbons (Fsp3) is 0.500. The highest BCUT2D eigenvalue weighted by molar-refractivity contribution is 7.16. The van der Waals surface area contributed by atoms with Crippen molar-refractivity contribution >= 4 is 27.4 Å². The van der Waals surface area contributed by atoms with E-state index >= 15 is 0 Å². The first-order chi connectivity index (χ1) is 7.77. The van der Waals surface area contributed by atoms with Gasteiger partial charge in [-0.3, -0.25) is 0 Å². The molecule has 1 atom stereocenters. The Kier molecular flexibility index (Phi) is 2.32. The Morgan fingerprint density at radius 1 is 1.44 bits per heavy atom. The Bertz CT molecular complexity index is 504. The first-order valence-electron chi connectivity index (χ1n) is 5.68. The van der Waals surface area contributed by atoms with E-state index in [0.717, 1.165) is 16.6 Å². The first-order valence-corrected chi connectivity index (χ1v) is 6.56. The second-order valence-corrected chi connectivity index (χ2v) is 5.42. The predicted molar refractivity (Wildman–Crippen MR) is 68.0 cm³/mol. The minimum absolute atomic E-state index is 0.581. The molecule has 1 aliphatic rings. The first kappa shape index (κ1) is 10.0. The Balaban J connectivity index is 2.00. The standard InChI is InChI=1S/C12H15N3S/c1-8(9-3-4-9)15(2)11-10-5-6-16-12(10)14-7-13-11/h5-9H,3-4H2,1-2H3/t8-/m0/s1. The maximum atomic E-state index is 4.43. The van der Waals surface area contributed by atoms with Crippen molar-refractivity contribution in [2.45, 2.75) is 25.8 Å². The van der Waals surface area contributed by atoms with Gasteiger partial charge in [0.25, 0.3) is 0 Å². The molecule has 0 amide bonds. The SMILES string of the molecule is C[C@@H](C1CC1)N(C)c1ncnc2sccc12. The third-order valence-corrected chi connectivity index (χ3v) is 4.31. The van der Waals surface area contributed by atoms with Gasteiger partial charge >= 0.3 is 0 Å². The molecule has 1 aliphatic carbocycles. The highest BCUT2D eigenvalue weighted by Crippen LogP contribution is 2.37. The number of anilines is 1. The molecule has 2 aromatic rings. The quantitative estimate of drug-likeness (QED) is 0.816. The topological polar surface area (TPSA) is 29.0 Å². The molecule has 0 aromatic carbocycles. The van der Waals surface area contributed by atoms with Gasteiger partial charge in [0, 0.05) is 13.1 Å². The Morgan fingerprint density at radius 3 is 3.00 bits per heavy atom. The van der Waals surface area contributed by atoms with Crippen molar-refractivity contribution in [3.8, 4) is 0 Å². The van der Waals surface area contributed by atoms with E-state index in [9.17, 15) is 0 Å². The molecule has 16 heavy (non-hydrogen) atoms. The summed E-state index contributed by atoms with van der Waals surface area (Å²) < 4.78 is 0. The fourth-order valence-electron chi connectivity index (χ4n) is 2.15. The lowest BCUT2D eigenvalue weighted by atomic mass is 10.2. The second kappa shape index (κ2) is 3.70. The summed E-state index contributed by atoms with van der Waals surface area (Å²) in [5.74, 6) is 1.93. The molecule has 0 spiro atoms. The van der Waals surface area contributed by atoms with Crippen LogP contribution < -0.4 is 4.90 Å². The lowest BCUT2D eigenvalue weighted by Gasteiger charge is -2.26. The van der Waals surface area contributed by atoms with Gasteiger partial charge < -0.3 is 4.90 Å². The molecule has 1 saturated carbocycles. The lowest BCUT2D eigenvalue weighted by Crippen LogP contribution is -2.31. The van der Waals surface area contributed by atoms with Crippen molar-refractivity contribution in [1.29, 1.82) is 0 Å². The summed E-state index contributed by atoms with van der Waals surface area (Å²) in [5, 5.41) is 3.26. The van der Waals surface area contributed by atoms with E-state index in [4.69, 9.17) is 0 Å². The Morgan fingerprint density at radius 2 is 2.25 bits per heavy atom. The largest absolute Gasteiger partial charge is 0.356 e. The van der Waals surface area contributed by atoms with E-state index in [0.29, 0.717) is 6.04 Å². The summed E-state index contributed by atoms with van der Waals surface area (Å²) in [6.45, 7) is 2.29. The number of hydrogen-bond donors (Lipinski definition) is 0. The van der Waals surface area contributed by atoms with Crippen LogP contribution in [0, 0.1) is 5.92 Å². The van der Waals surface area contributed by atoms with Crippen LogP contribution in [0.3, 0.4) is 0 Å². The van der Waals surface area contributed by atoms with E-state index in [1.54, 1.807) is 17.7 Å². The smallest absolute Gasteiger partial charge is 0.140 e. The van der Waals surface area contributed by atoms with Crippen molar-refractivity contribution in [3.05, 3.63) is 17.8 Å². The van der Waals surface area contributed by atoms with Gasteiger partial charge in [0.2, 0.25) is 0 Å². The predicted octanol–water partition coefficient (Wildman–Crippen LogP) is 2.93. The zero-order valence-corrected chi connectivity index (χ0v) is 10.4. The second-order valence-electron chi connectivity index (χ2n) is 4.53. The molecule has 0 radical (unpaired) electrons. The van der Waals surface area contributed by atoms with E-state index in [1.165, 1.54) is 18.2 Å². The van der Waals surface area contributed by atoms with Gasteiger partial charge in [0.05, 0.1) is 5.39 Å². The molecule has 0 bridgehead atoms. The Labute approximate surface area is 99.1 Å². The van der Waals surface area contributed by atoms with Crippen molar-refractivity contribution in [2.75, 3.05) is 11.9 Å². The number of nitrogens with zero attached hydrogens (tertiary/aromatic N) is 3. The average molecular weight is 233 g/mol. The number of fused-ring (bicyclic) bond motifs is 1. The molecule has 0 saturated heterocycles. The average Bonchev–Trinajstić information content (AvgIpc) is 3.04. The van der Waals surface area contributed by atoms with E-state index < -0.39 is 0 Å². The maximum absolute atomic E-state index is 4.43. The van der Waals surface area contributed by atoms with Crippen LogP contribution in [-0.2, 0) is 0 Å². The van der Waals surface area contributed by atoms with Crippen molar-refractivity contribution in [2.24, 2.45) is 5.92 Å². The monoisotopic (exact) mass is 233 g/mol. The van der Waals surface area contributed by atoms with Gasteiger partial charge in [-0.05, 0) is 37.1 Å². The molecule has 3 rings (SSSR count). The molecule has 0 N–H and O–H groups in total. The van der Waals surface area contributed by atoms with Crippen LogP contribution in [0.25, 0.3) is 10.2 Å². The molecule has 2 heterocycles. The summed E-state index contributed by atoms with van der Waals surface area (Å²) >= 11 is 1.68. The van der Waals surface area contributed by atoms with Gasteiger partial charge in [-0.2, -0.15) is 0 Å². The third kappa shape index (κ3) is 1.57. The molecule has 84 valence electrons. The summed E-state index contributed by atoms with van der Waals surface area (Å²) in [6, 6.07) is 2.70. The highest BCUT2D eigenvalue weighted by Gasteiger charge is 2.31. The minimum atomic E-state index is 0.581. The summed E-state index contributed by atoms with van der Waals surface area (Å²) in [6.07, 6.45) is 4.40. The number of aromatic nitrogens is 2. The third-order valence-electron chi connectivity index (χ3n) is 3.49.